The average Bonchev–Trinajstić information content (AvgIpc) is 2.67. The number of para-hydroxylation sites is 1. The molecule has 0 saturated carbocycles. The highest BCUT2D eigenvalue weighted by Gasteiger charge is 1.99. The highest BCUT2D eigenvalue weighted by molar-refractivity contribution is 5.78. The van der Waals surface area contributed by atoms with E-state index in [1.165, 1.54) is 10.9 Å². The smallest absolute Gasteiger partial charge is 0.0683 e. The van der Waals surface area contributed by atoms with Crippen LogP contribution in [0.15, 0.2) is 30.5 Å². The lowest BCUT2D eigenvalue weighted by Crippen LogP contribution is -2.04. The van der Waals surface area contributed by atoms with Crippen LogP contribution in [0.1, 0.15) is 27.7 Å². The minimum Gasteiger partial charge on any atom is -0.383 e. The molecule has 0 fully saturated rings. The molecule has 0 unspecified atom stereocenters. The first kappa shape index (κ1) is 14.7. The Bertz CT molecular complexity index is 463. The molecule has 0 aliphatic carbocycles. The summed E-state index contributed by atoms with van der Waals surface area (Å²) in [5.74, 6) is 0. The summed E-state index contributed by atoms with van der Waals surface area (Å²) in [4.78, 5) is 0. The highest BCUT2D eigenvalue weighted by Crippen LogP contribution is 2.11. The number of hydrogen-bond donors (Lipinski definition) is 0. The van der Waals surface area contributed by atoms with E-state index in [1.807, 2.05) is 23.0 Å². The molecule has 3 nitrogen and oxygen atoms in total. The van der Waals surface area contributed by atoms with Crippen molar-refractivity contribution in [3.8, 4) is 0 Å². The second kappa shape index (κ2) is 6.55. The molecule has 1 aromatic carbocycles. The quantitative estimate of drug-likeness (QED) is 0.827. The van der Waals surface area contributed by atoms with E-state index in [9.17, 15) is 0 Å². The van der Waals surface area contributed by atoms with Crippen LogP contribution in [0, 0.1) is 5.41 Å². The zero-order chi connectivity index (χ0) is 13.6. The van der Waals surface area contributed by atoms with Gasteiger partial charge in [0.05, 0.1) is 24.9 Å². The SMILES string of the molecule is CC(C)(C)C.COCCn1ncc2ccccc21. The summed E-state index contributed by atoms with van der Waals surface area (Å²) in [6, 6.07) is 8.17. The first-order valence-electron chi connectivity index (χ1n) is 6.31. The normalized spacial score (nSPS) is 11.2. The number of aromatic nitrogens is 2. The number of nitrogens with zero attached hydrogens (tertiary/aromatic N) is 2. The average molecular weight is 248 g/mol. The molecule has 0 spiro atoms. The Labute approximate surface area is 110 Å². The molecule has 1 aromatic heterocycles. The van der Waals surface area contributed by atoms with Crippen LogP contribution in [0.2, 0.25) is 0 Å². The van der Waals surface area contributed by atoms with Crippen molar-refractivity contribution >= 4 is 10.9 Å². The number of benzene rings is 1. The molecule has 3 heteroatoms. The van der Waals surface area contributed by atoms with Gasteiger partial charge in [0.25, 0.3) is 0 Å². The molecule has 2 aromatic rings. The van der Waals surface area contributed by atoms with Crippen LogP contribution in [-0.2, 0) is 11.3 Å². The molecule has 2 rings (SSSR count). The molecule has 100 valence electrons. The van der Waals surface area contributed by atoms with Gasteiger partial charge in [0.1, 0.15) is 0 Å². The molecule has 18 heavy (non-hydrogen) atoms. The minimum atomic E-state index is 0.500. The fourth-order valence-electron chi connectivity index (χ4n) is 1.38. The van der Waals surface area contributed by atoms with Crippen molar-refractivity contribution in [1.29, 1.82) is 0 Å². The van der Waals surface area contributed by atoms with E-state index in [0.29, 0.717) is 12.0 Å². The minimum absolute atomic E-state index is 0.500. The third kappa shape index (κ3) is 5.32. The lowest BCUT2D eigenvalue weighted by molar-refractivity contribution is 0.185. The van der Waals surface area contributed by atoms with E-state index in [-0.39, 0.29) is 0 Å². The Hall–Kier alpha value is -1.35. The van der Waals surface area contributed by atoms with Crippen molar-refractivity contribution in [3.05, 3.63) is 30.5 Å². The largest absolute Gasteiger partial charge is 0.383 e. The first-order chi connectivity index (χ1) is 8.42. The molecular weight excluding hydrogens is 224 g/mol. The van der Waals surface area contributed by atoms with Crippen LogP contribution in [0.5, 0.6) is 0 Å². The van der Waals surface area contributed by atoms with Crippen LogP contribution >= 0.6 is 0 Å². The summed E-state index contributed by atoms with van der Waals surface area (Å²) in [6.07, 6.45) is 1.88. The standard InChI is InChI=1S/C10H12N2O.C5H12/c1-13-7-6-12-10-5-3-2-4-9(10)8-11-12;1-5(2,3)4/h2-5,8H,6-7H2,1H3;1-4H3. The lowest BCUT2D eigenvalue weighted by Gasteiger charge is -2.05. The van der Waals surface area contributed by atoms with Crippen LogP contribution < -0.4 is 0 Å². The maximum atomic E-state index is 5.00. The fourth-order valence-corrected chi connectivity index (χ4v) is 1.38. The van der Waals surface area contributed by atoms with E-state index in [0.717, 1.165) is 6.54 Å². The van der Waals surface area contributed by atoms with Gasteiger partial charge in [0.2, 0.25) is 0 Å². The summed E-state index contributed by atoms with van der Waals surface area (Å²) in [6.45, 7) is 10.3. The number of hydrogen-bond acceptors (Lipinski definition) is 2. The number of fused-ring (bicyclic) bond motifs is 1. The van der Waals surface area contributed by atoms with Gasteiger partial charge in [0, 0.05) is 12.5 Å². The Morgan fingerprint density at radius 3 is 2.39 bits per heavy atom. The van der Waals surface area contributed by atoms with Crippen LogP contribution in [-0.4, -0.2) is 23.5 Å². The molecule has 0 bridgehead atoms. The Morgan fingerprint density at radius 2 is 1.78 bits per heavy atom. The topological polar surface area (TPSA) is 27.1 Å². The molecule has 0 aliphatic rings. The van der Waals surface area contributed by atoms with Crippen LogP contribution in [0.3, 0.4) is 0 Å². The van der Waals surface area contributed by atoms with Crippen molar-refractivity contribution in [1.82, 2.24) is 9.78 Å². The van der Waals surface area contributed by atoms with Gasteiger partial charge in [-0.3, -0.25) is 4.68 Å². The summed E-state index contributed by atoms with van der Waals surface area (Å²) in [5.41, 5.74) is 1.67. The fraction of sp³-hybridized carbons (Fsp3) is 0.533. The zero-order valence-electron chi connectivity index (χ0n) is 12.1. The Kier molecular flexibility index (Phi) is 5.35. The predicted octanol–water partition coefficient (Wildman–Crippen LogP) is 3.74. The van der Waals surface area contributed by atoms with Crippen LogP contribution in [0.25, 0.3) is 10.9 Å². The third-order valence-electron chi connectivity index (χ3n) is 2.06. The van der Waals surface area contributed by atoms with Gasteiger partial charge in [-0.05, 0) is 11.5 Å². The van der Waals surface area contributed by atoms with Gasteiger partial charge >= 0.3 is 0 Å². The van der Waals surface area contributed by atoms with Gasteiger partial charge in [-0.25, -0.2) is 0 Å². The second-order valence-electron chi connectivity index (χ2n) is 5.92. The number of ether oxygens (including phenoxy) is 1. The molecular formula is C15H24N2O. The molecule has 0 radical (unpaired) electrons. The zero-order valence-corrected chi connectivity index (χ0v) is 12.1. The Morgan fingerprint density at radius 1 is 1.17 bits per heavy atom. The van der Waals surface area contributed by atoms with E-state index in [4.69, 9.17) is 4.74 Å². The number of rotatable bonds is 3. The molecule has 0 saturated heterocycles. The van der Waals surface area contributed by atoms with Crippen molar-refractivity contribution in [3.63, 3.8) is 0 Å². The van der Waals surface area contributed by atoms with E-state index < -0.39 is 0 Å². The summed E-state index contributed by atoms with van der Waals surface area (Å²) >= 11 is 0. The summed E-state index contributed by atoms with van der Waals surface area (Å²) < 4.78 is 6.96. The molecule has 0 amide bonds. The Balaban J connectivity index is 0.000000280. The maximum Gasteiger partial charge on any atom is 0.0683 e. The second-order valence-corrected chi connectivity index (χ2v) is 5.92. The van der Waals surface area contributed by atoms with E-state index >= 15 is 0 Å². The van der Waals surface area contributed by atoms with Gasteiger partial charge < -0.3 is 4.74 Å². The maximum absolute atomic E-state index is 5.00. The lowest BCUT2D eigenvalue weighted by atomic mass is 10.0. The van der Waals surface area contributed by atoms with E-state index in [1.54, 1.807) is 7.11 Å². The summed E-state index contributed by atoms with van der Waals surface area (Å²) in [5, 5.41) is 5.45. The van der Waals surface area contributed by atoms with Gasteiger partial charge in [0.15, 0.2) is 0 Å². The van der Waals surface area contributed by atoms with Crippen molar-refractivity contribution in [2.75, 3.05) is 13.7 Å². The highest BCUT2D eigenvalue weighted by atomic mass is 16.5. The predicted molar refractivity (Wildman–Crippen MR) is 76.7 cm³/mol. The molecule has 0 atom stereocenters. The number of methoxy groups -OCH3 is 1. The molecule has 1 heterocycles. The van der Waals surface area contributed by atoms with Crippen LogP contribution in [0.4, 0.5) is 0 Å². The first-order valence-corrected chi connectivity index (χ1v) is 6.31. The van der Waals surface area contributed by atoms with Crippen molar-refractivity contribution in [2.45, 2.75) is 34.2 Å². The van der Waals surface area contributed by atoms with Crippen molar-refractivity contribution < 1.29 is 4.74 Å². The third-order valence-corrected chi connectivity index (χ3v) is 2.06. The summed E-state index contributed by atoms with van der Waals surface area (Å²) in [7, 11) is 1.70. The van der Waals surface area contributed by atoms with Gasteiger partial charge in [-0.15, -0.1) is 0 Å². The van der Waals surface area contributed by atoms with Crippen molar-refractivity contribution in [2.24, 2.45) is 5.41 Å². The molecule has 0 N–H and O–H groups in total. The van der Waals surface area contributed by atoms with Gasteiger partial charge in [-0.2, -0.15) is 5.10 Å². The molecule has 0 aliphatic heterocycles. The monoisotopic (exact) mass is 248 g/mol. The van der Waals surface area contributed by atoms with E-state index in [2.05, 4.69) is 44.9 Å². The van der Waals surface area contributed by atoms with Gasteiger partial charge in [-0.1, -0.05) is 45.9 Å².